The number of amidine groups is 1. The summed E-state index contributed by atoms with van der Waals surface area (Å²) in [6.07, 6.45) is 11.7. The molecule has 34 heavy (non-hydrogen) atoms. The van der Waals surface area contributed by atoms with E-state index < -0.39 is 0 Å². The Balaban J connectivity index is 1.78. The van der Waals surface area contributed by atoms with E-state index in [4.69, 9.17) is 20.9 Å². The lowest BCUT2D eigenvalue weighted by Crippen LogP contribution is -2.44. The fourth-order valence-electron chi connectivity index (χ4n) is 4.41. The number of terminal acetylenes is 1. The highest BCUT2D eigenvalue weighted by Crippen LogP contribution is 2.42. The maximum absolute atomic E-state index is 13.8. The van der Waals surface area contributed by atoms with Gasteiger partial charge in [-0.15, -0.1) is 6.42 Å². The van der Waals surface area contributed by atoms with Gasteiger partial charge in [0.2, 0.25) is 0 Å². The highest BCUT2D eigenvalue weighted by Gasteiger charge is 2.41. The number of methoxy groups -OCH3 is 1. The minimum atomic E-state index is -0.0275. The van der Waals surface area contributed by atoms with Crippen molar-refractivity contribution >= 4 is 50.5 Å². The van der Waals surface area contributed by atoms with E-state index in [2.05, 4.69) is 28.8 Å². The first kappa shape index (κ1) is 24.4. The summed E-state index contributed by atoms with van der Waals surface area (Å²) in [5.74, 6) is 3.93. The van der Waals surface area contributed by atoms with Crippen LogP contribution in [0, 0.1) is 18.3 Å². The van der Waals surface area contributed by atoms with Gasteiger partial charge in [-0.25, -0.2) is 4.99 Å². The maximum Gasteiger partial charge on any atom is 0.267 e. The number of nitrogens with zero attached hydrogens (tertiary/aromatic N) is 2. The highest BCUT2D eigenvalue weighted by atomic mass is 79.9. The van der Waals surface area contributed by atoms with E-state index in [-0.39, 0.29) is 18.6 Å². The third-order valence-electron chi connectivity index (χ3n) is 6.07. The van der Waals surface area contributed by atoms with Gasteiger partial charge in [0.15, 0.2) is 16.7 Å². The van der Waals surface area contributed by atoms with Crippen LogP contribution in [-0.4, -0.2) is 35.7 Å². The molecule has 176 valence electrons. The molecule has 5 nitrogen and oxygen atoms in total. The monoisotopic (exact) mass is 538 g/mol. The Bertz CT molecular complexity index is 1160. The average molecular weight is 539 g/mol. The summed E-state index contributed by atoms with van der Waals surface area (Å²) in [5.41, 5.74) is 1.55. The number of carbonyl (C=O) groups excluding carboxylic acids is 1. The van der Waals surface area contributed by atoms with Crippen molar-refractivity contribution in [3.8, 4) is 23.8 Å². The van der Waals surface area contributed by atoms with Crippen LogP contribution in [-0.2, 0) is 4.79 Å². The number of ether oxygens (including phenoxy) is 2. The summed E-state index contributed by atoms with van der Waals surface area (Å²) in [4.78, 5) is 21.1. The molecule has 0 unspecified atom stereocenters. The fourth-order valence-corrected chi connectivity index (χ4v) is 5.90. The predicted octanol–water partition coefficient (Wildman–Crippen LogP) is 6.65. The van der Waals surface area contributed by atoms with Crippen LogP contribution >= 0.6 is 27.7 Å². The normalized spacial score (nSPS) is 22.8. The number of thioether (sulfide) groups is 1. The average Bonchev–Trinajstić information content (AvgIpc) is 3.13. The van der Waals surface area contributed by atoms with Gasteiger partial charge in [0.25, 0.3) is 5.91 Å². The van der Waals surface area contributed by atoms with Gasteiger partial charge in [0, 0.05) is 16.1 Å². The van der Waals surface area contributed by atoms with Crippen molar-refractivity contribution in [1.82, 2.24) is 4.90 Å². The fraction of sp³-hybridized carbons (Fsp3) is 0.333. The zero-order chi connectivity index (χ0) is 24.1. The number of halogens is 1. The van der Waals surface area contributed by atoms with Crippen molar-refractivity contribution in [1.29, 1.82) is 0 Å². The largest absolute Gasteiger partial charge is 0.493 e. The van der Waals surface area contributed by atoms with Gasteiger partial charge in [-0.3, -0.25) is 9.69 Å². The molecule has 2 fully saturated rings. The smallest absolute Gasteiger partial charge is 0.267 e. The van der Waals surface area contributed by atoms with Gasteiger partial charge in [0.05, 0.1) is 17.7 Å². The Kier molecular flexibility index (Phi) is 8.02. The van der Waals surface area contributed by atoms with Crippen LogP contribution in [0.3, 0.4) is 0 Å². The molecule has 0 N–H and O–H groups in total. The Morgan fingerprint density at radius 2 is 2.03 bits per heavy atom. The van der Waals surface area contributed by atoms with Crippen molar-refractivity contribution in [3.63, 3.8) is 0 Å². The van der Waals surface area contributed by atoms with Gasteiger partial charge >= 0.3 is 0 Å². The number of rotatable bonds is 6. The van der Waals surface area contributed by atoms with Crippen molar-refractivity contribution in [2.24, 2.45) is 10.9 Å². The SMILES string of the molecule is C#CCOc1c(/C=C2\SC(=Nc3ccccc3)N([C@@H]3CCCC[C@H]3C)C2=O)cc(Br)cc1OC. The summed E-state index contributed by atoms with van der Waals surface area (Å²) in [7, 11) is 1.58. The van der Waals surface area contributed by atoms with Crippen LogP contribution in [0.4, 0.5) is 5.69 Å². The van der Waals surface area contributed by atoms with Gasteiger partial charge in [-0.1, -0.05) is 59.8 Å². The van der Waals surface area contributed by atoms with Gasteiger partial charge in [-0.2, -0.15) is 0 Å². The molecule has 2 aliphatic rings. The Labute approximate surface area is 213 Å². The van der Waals surface area contributed by atoms with Crippen molar-refractivity contribution < 1.29 is 14.3 Å². The molecule has 2 aromatic carbocycles. The number of amides is 1. The molecule has 0 bridgehead atoms. The van der Waals surface area contributed by atoms with Crippen LogP contribution in [0.1, 0.15) is 38.2 Å². The summed E-state index contributed by atoms with van der Waals surface area (Å²) >= 11 is 4.93. The van der Waals surface area contributed by atoms with Crippen molar-refractivity contribution in [3.05, 3.63) is 57.4 Å². The Hall–Kier alpha value is -2.69. The van der Waals surface area contributed by atoms with E-state index in [9.17, 15) is 4.79 Å². The van der Waals surface area contributed by atoms with Gasteiger partial charge in [-0.05, 0) is 60.9 Å². The van der Waals surface area contributed by atoms with E-state index in [0.29, 0.717) is 27.5 Å². The molecule has 0 spiro atoms. The summed E-state index contributed by atoms with van der Waals surface area (Å²) in [5, 5.41) is 0.717. The number of aliphatic imine (C=N–C) groups is 1. The summed E-state index contributed by atoms with van der Waals surface area (Å²) in [6.45, 7) is 2.33. The second-order valence-electron chi connectivity index (χ2n) is 8.36. The molecule has 1 aliphatic heterocycles. The number of para-hydroxylation sites is 1. The lowest BCUT2D eigenvalue weighted by Gasteiger charge is -2.35. The molecule has 4 rings (SSSR count). The molecule has 1 heterocycles. The molecule has 1 aliphatic carbocycles. The molecular weight excluding hydrogens is 512 g/mol. The lowest BCUT2D eigenvalue weighted by atomic mass is 9.85. The molecule has 1 amide bonds. The quantitative estimate of drug-likeness (QED) is 0.305. The second kappa shape index (κ2) is 11.2. The van der Waals surface area contributed by atoms with Crippen molar-refractivity contribution in [2.45, 2.75) is 38.6 Å². The zero-order valence-electron chi connectivity index (χ0n) is 19.3. The number of hydrogen-bond donors (Lipinski definition) is 0. The predicted molar refractivity (Wildman–Crippen MR) is 142 cm³/mol. The third-order valence-corrected chi connectivity index (χ3v) is 7.51. The Morgan fingerprint density at radius 3 is 2.74 bits per heavy atom. The Morgan fingerprint density at radius 1 is 1.26 bits per heavy atom. The summed E-state index contributed by atoms with van der Waals surface area (Å²) < 4.78 is 12.1. The number of carbonyl (C=O) groups is 1. The van der Waals surface area contributed by atoms with Gasteiger partial charge in [0.1, 0.15) is 6.61 Å². The molecule has 2 aromatic rings. The van der Waals surface area contributed by atoms with Gasteiger partial charge < -0.3 is 9.47 Å². The molecular formula is C27H27BrN2O3S. The van der Waals surface area contributed by atoms with E-state index in [1.807, 2.05) is 53.4 Å². The van der Waals surface area contributed by atoms with Crippen LogP contribution in [0.5, 0.6) is 11.5 Å². The van der Waals surface area contributed by atoms with Crippen LogP contribution < -0.4 is 9.47 Å². The van der Waals surface area contributed by atoms with Crippen LogP contribution in [0.25, 0.3) is 6.08 Å². The number of hydrogen-bond acceptors (Lipinski definition) is 5. The molecule has 0 radical (unpaired) electrons. The van der Waals surface area contributed by atoms with Crippen molar-refractivity contribution in [2.75, 3.05) is 13.7 Å². The van der Waals surface area contributed by atoms with E-state index in [1.165, 1.54) is 18.2 Å². The first-order chi connectivity index (χ1) is 16.5. The lowest BCUT2D eigenvalue weighted by molar-refractivity contribution is -0.124. The first-order valence-corrected chi connectivity index (χ1v) is 12.9. The standard InChI is InChI=1S/C27H27BrN2O3S/c1-4-14-33-25-19(15-20(28)17-23(25)32-3)16-24-26(31)30(22-13-9-8-10-18(22)2)27(34-24)29-21-11-6-5-7-12-21/h1,5-7,11-12,15-18,22H,8-10,13-14H2,2-3H3/b24-16-,29-27?/t18-,22-/m1/s1. The van der Waals surface area contributed by atoms with E-state index >= 15 is 0 Å². The number of benzene rings is 2. The minimum absolute atomic E-state index is 0.0275. The molecule has 1 saturated carbocycles. The first-order valence-electron chi connectivity index (χ1n) is 11.3. The van der Waals surface area contributed by atoms with Crippen LogP contribution in [0.2, 0.25) is 0 Å². The molecule has 0 aromatic heterocycles. The topological polar surface area (TPSA) is 51.1 Å². The zero-order valence-corrected chi connectivity index (χ0v) is 21.7. The second-order valence-corrected chi connectivity index (χ2v) is 10.3. The highest BCUT2D eigenvalue weighted by molar-refractivity contribution is 9.10. The van der Waals surface area contributed by atoms with E-state index in [1.54, 1.807) is 7.11 Å². The third kappa shape index (κ3) is 5.34. The maximum atomic E-state index is 13.8. The molecule has 2 atom stereocenters. The molecule has 7 heteroatoms. The molecule has 1 saturated heterocycles. The van der Waals surface area contributed by atoms with Crippen LogP contribution in [0.15, 0.2) is 56.8 Å². The summed E-state index contributed by atoms with van der Waals surface area (Å²) in [6, 6.07) is 13.6. The van der Waals surface area contributed by atoms with E-state index in [0.717, 1.165) is 35.0 Å². The minimum Gasteiger partial charge on any atom is -0.493 e.